The Morgan fingerprint density at radius 3 is 1.25 bits per heavy atom. The Labute approximate surface area is 466 Å². The molecular weight excluding hydrogens is 955 g/mol. The molecule has 12 aromatic rings. The molecule has 2 aromatic heterocycles. The molecule has 2 aliphatic carbocycles. The van der Waals surface area contributed by atoms with E-state index in [1.54, 1.807) is 0 Å². The molecule has 2 heterocycles. The summed E-state index contributed by atoms with van der Waals surface area (Å²) in [6.45, 7) is 23.6. The lowest BCUT2D eigenvalue weighted by molar-refractivity contribution is 0.590. The van der Waals surface area contributed by atoms with Gasteiger partial charge < -0.3 is 14.2 Å². The second kappa shape index (κ2) is 17.4. The molecule has 10 aromatic carbocycles. The third-order valence-corrected chi connectivity index (χ3v) is 17.7. The van der Waals surface area contributed by atoms with Gasteiger partial charge in [0.1, 0.15) is 0 Å². The maximum absolute atomic E-state index is 2.73. The zero-order valence-electron chi connectivity index (χ0n) is 47.2. The van der Waals surface area contributed by atoms with Gasteiger partial charge in [-0.05, 0) is 156 Å². The van der Waals surface area contributed by atoms with E-state index in [0.717, 1.165) is 34.1 Å². The summed E-state index contributed by atoms with van der Waals surface area (Å²) in [6, 6.07) is 84.2. The number of fused-ring (bicyclic) bond motifs is 12. The average Bonchev–Trinajstić information content (AvgIpc) is 2.26. The molecule has 3 heteroatoms. The standard InChI is InChI=1S/C76H67N3/c1-73(2,3)53-29-37-57(38-30-53)77(55-33-25-50(26-34-55)48-19-13-11-14-20-48)59-41-43-62-65(46-59)76(9,10)72-68(62)67-61-24-18-17-23-52(61)45-64-69-71(79(72)70(64)67)63-44-42-60(47-66(63)75(69,7)8)78(58-39-31-54(32-40-58)74(4,5)6)56-35-27-51(28-36-56)49-21-15-12-16-22-49/h11-47H,1-10H3. The van der Waals surface area contributed by atoms with E-state index in [9.17, 15) is 0 Å². The van der Waals surface area contributed by atoms with Crippen molar-refractivity contribution in [3.63, 3.8) is 0 Å². The third kappa shape index (κ3) is 7.53. The first-order chi connectivity index (χ1) is 38.0. The summed E-state index contributed by atoms with van der Waals surface area (Å²) in [4.78, 5) is 4.90. The van der Waals surface area contributed by atoms with Crippen LogP contribution in [0.25, 0.3) is 71.7 Å². The van der Waals surface area contributed by atoms with Crippen LogP contribution in [0.3, 0.4) is 0 Å². The van der Waals surface area contributed by atoms with Crippen LogP contribution in [0.4, 0.5) is 34.1 Å². The molecule has 0 atom stereocenters. The van der Waals surface area contributed by atoms with E-state index in [-0.39, 0.29) is 21.7 Å². The Kier molecular flexibility index (Phi) is 10.7. The topological polar surface area (TPSA) is 10.9 Å². The smallest absolute Gasteiger partial charge is 0.0621 e. The van der Waals surface area contributed by atoms with Crippen molar-refractivity contribution in [2.24, 2.45) is 0 Å². The fourth-order valence-electron chi connectivity index (χ4n) is 13.6. The van der Waals surface area contributed by atoms with Gasteiger partial charge in [-0.25, -0.2) is 0 Å². The zero-order chi connectivity index (χ0) is 54.3. The van der Waals surface area contributed by atoms with Crippen LogP contribution in [0.2, 0.25) is 0 Å². The van der Waals surface area contributed by atoms with Crippen molar-refractivity contribution in [3.8, 4) is 44.6 Å². The molecule has 3 nitrogen and oxygen atoms in total. The predicted octanol–water partition coefficient (Wildman–Crippen LogP) is 21.2. The van der Waals surface area contributed by atoms with Crippen LogP contribution in [0.1, 0.15) is 103 Å². The first-order valence-corrected chi connectivity index (χ1v) is 28.3. The molecule has 0 radical (unpaired) electrons. The number of hydrogen-bond donors (Lipinski definition) is 0. The molecular formula is C76H67N3. The number of hydrogen-bond acceptors (Lipinski definition) is 2. The van der Waals surface area contributed by atoms with E-state index < -0.39 is 0 Å². The highest BCUT2D eigenvalue weighted by Crippen LogP contribution is 2.62. The summed E-state index contributed by atoms with van der Waals surface area (Å²) in [5, 5.41) is 5.30. The van der Waals surface area contributed by atoms with E-state index >= 15 is 0 Å². The number of nitrogens with zero attached hydrogens (tertiary/aromatic N) is 3. The number of aromatic nitrogens is 1. The van der Waals surface area contributed by atoms with E-state index in [1.165, 1.54) is 105 Å². The van der Waals surface area contributed by atoms with Gasteiger partial charge in [0.2, 0.25) is 0 Å². The Morgan fingerprint density at radius 2 is 0.772 bits per heavy atom. The first kappa shape index (κ1) is 48.7. The third-order valence-electron chi connectivity index (χ3n) is 17.7. The summed E-state index contributed by atoms with van der Waals surface area (Å²) < 4.78 is 2.73. The van der Waals surface area contributed by atoms with E-state index in [4.69, 9.17) is 0 Å². The average molecular weight is 1020 g/mol. The van der Waals surface area contributed by atoms with Gasteiger partial charge in [-0.2, -0.15) is 0 Å². The normalized spacial score (nSPS) is 14.2. The van der Waals surface area contributed by atoms with Crippen molar-refractivity contribution in [1.82, 2.24) is 4.40 Å². The van der Waals surface area contributed by atoms with Crippen molar-refractivity contribution < 1.29 is 0 Å². The predicted molar refractivity (Wildman–Crippen MR) is 336 cm³/mol. The van der Waals surface area contributed by atoms with E-state index in [2.05, 4.69) is 308 Å². The highest BCUT2D eigenvalue weighted by molar-refractivity contribution is 6.25. The molecule has 79 heavy (non-hydrogen) atoms. The Morgan fingerprint density at radius 1 is 0.367 bits per heavy atom. The van der Waals surface area contributed by atoms with E-state index in [1.807, 2.05) is 0 Å². The minimum Gasteiger partial charge on any atom is -0.310 e. The van der Waals surface area contributed by atoms with Crippen molar-refractivity contribution in [2.75, 3.05) is 9.80 Å². The maximum Gasteiger partial charge on any atom is 0.0621 e. The van der Waals surface area contributed by atoms with Gasteiger partial charge in [-0.3, -0.25) is 0 Å². The number of benzene rings is 10. The molecule has 0 amide bonds. The fraction of sp³-hybridized carbons (Fsp3) is 0.184. The highest BCUT2D eigenvalue weighted by atomic mass is 15.1. The lowest BCUT2D eigenvalue weighted by Gasteiger charge is -2.29. The Hall–Kier alpha value is -8.66. The van der Waals surface area contributed by atoms with Crippen molar-refractivity contribution in [2.45, 2.75) is 90.9 Å². The highest BCUT2D eigenvalue weighted by Gasteiger charge is 2.47. The number of anilines is 6. The molecule has 0 saturated heterocycles. The second-order valence-electron chi connectivity index (χ2n) is 25.5. The van der Waals surface area contributed by atoms with Crippen LogP contribution in [0, 0.1) is 0 Å². The van der Waals surface area contributed by atoms with Gasteiger partial charge in [0.25, 0.3) is 0 Å². The molecule has 0 bridgehead atoms. The molecule has 0 unspecified atom stereocenters. The molecule has 0 N–H and O–H groups in total. The van der Waals surface area contributed by atoms with Crippen LogP contribution in [0.15, 0.2) is 224 Å². The minimum atomic E-state index is -0.353. The van der Waals surface area contributed by atoms with Gasteiger partial charge in [0, 0.05) is 72.5 Å². The van der Waals surface area contributed by atoms with Crippen LogP contribution in [-0.2, 0) is 21.7 Å². The summed E-state index contributed by atoms with van der Waals surface area (Å²) in [5.41, 5.74) is 25.9. The SMILES string of the molecule is CC(C)(C)c1ccc(N(c2ccc(-c3ccccc3)cc2)c2ccc3c(c2)C(C)(C)c2c-3n3c4c(c5c6ccccc6cc2c53)-c2ccc(N(c3ccc(-c5ccccc5)cc3)c3ccc(C(C)(C)C)cc3)cc2C4(C)C)cc1. The molecule has 14 rings (SSSR count). The molecule has 2 aliphatic rings. The van der Waals surface area contributed by atoms with Crippen LogP contribution in [-0.4, -0.2) is 4.40 Å². The molecule has 0 spiro atoms. The molecule has 0 aliphatic heterocycles. The lowest BCUT2D eigenvalue weighted by atomic mass is 9.80. The lowest BCUT2D eigenvalue weighted by Crippen LogP contribution is -2.19. The summed E-state index contributed by atoms with van der Waals surface area (Å²) in [7, 11) is 0. The van der Waals surface area contributed by atoms with E-state index in [0.29, 0.717) is 0 Å². The van der Waals surface area contributed by atoms with Crippen molar-refractivity contribution in [1.29, 1.82) is 0 Å². The molecule has 386 valence electrons. The van der Waals surface area contributed by atoms with Gasteiger partial charge in [-0.1, -0.05) is 215 Å². The van der Waals surface area contributed by atoms with Gasteiger partial charge in [0.05, 0.1) is 11.2 Å². The molecule has 0 saturated carbocycles. The van der Waals surface area contributed by atoms with Crippen LogP contribution in [0.5, 0.6) is 0 Å². The monoisotopic (exact) mass is 1020 g/mol. The Balaban J connectivity index is 0.941. The largest absolute Gasteiger partial charge is 0.310 e. The summed E-state index contributed by atoms with van der Waals surface area (Å²) >= 11 is 0. The fourth-order valence-corrected chi connectivity index (χ4v) is 13.6. The Bertz CT molecular complexity index is 4320. The maximum atomic E-state index is 2.73. The quantitative estimate of drug-likeness (QED) is 0.150. The summed E-state index contributed by atoms with van der Waals surface area (Å²) in [5.74, 6) is 0. The first-order valence-electron chi connectivity index (χ1n) is 28.3. The van der Waals surface area contributed by atoms with Crippen molar-refractivity contribution in [3.05, 3.63) is 258 Å². The van der Waals surface area contributed by atoms with Gasteiger partial charge in [0.15, 0.2) is 0 Å². The van der Waals surface area contributed by atoms with Gasteiger partial charge in [-0.15, -0.1) is 0 Å². The molecule has 0 fully saturated rings. The van der Waals surface area contributed by atoms with Crippen LogP contribution < -0.4 is 9.80 Å². The van der Waals surface area contributed by atoms with Gasteiger partial charge >= 0.3 is 0 Å². The van der Waals surface area contributed by atoms with Crippen molar-refractivity contribution >= 4 is 61.2 Å². The summed E-state index contributed by atoms with van der Waals surface area (Å²) in [6.07, 6.45) is 0. The minimum absolute atomic E-state index is 0.0439. The second-order valence-corrected chi connectivity index (χ2v) is 25.5. The zero-order valence-corrected chi connectivity index (χ0v) is 47.2. The van der Waals surface area contributed by atoms with Crippen LogP contribution >= 0.6 is 0 Å². The number of rotatable bonds is 8.